The predicted molar refractivity (Wildman–Crippen MR) is 92.8 cm³/mol. The minimum absolute atomic E-state index is 0.256. The minimum atomic E-state index is 0.256. The van der Waals surface area contributed by atoms with Crippen molar-refractivity contribution in [1.29, 1.82) is 0 Å². The lowest BCUT2D eigenvalue weighted by Crippen LogP contribution is -2.51. The second-order valence-corrected chi connectivity index (χ2v) is 7.41. The quantitative estimate of drug-likeness (QED) is 0.882. The first-order chi connectivity index (χ1) is 10.6. The van der Waals surface area contributed by atoms with Gasteiger partial charge in [0.25, 0.3) is 0 Å². The van der Waals surface area contributed by atoms with Crippen molar-refractivity contribution in [3.63, 3.8) is 0 Å². The molecule has 0 bridgehead atoms. The van der Waals surface area contributed by atoms with Crippen molar-refractivity contribution in [2.24, 2.45) is 12.8 Å². The van der Waals surface area contributed by atoms with Gasteiger partial charge in [-0.2, -0.15) is 0 Å². The SMILES string of the molecule is Cc1nc(Br)c(C(CN)N2CCN(C3CCCC3)CC2)n1C. The van der Waals surface area contributed by atoms with E-state index in [2.05, 4.69) is 42.3 Å². The van der Waals surface area contributed by atoms with E-state index in [4.69, 9.17) is 5.73 Å². The number of nitrogens with zero attached hydrogens (tertiary/aromatic N) is 4. The van der Waals surface area contributed by atoms with Crippen LogP contribution in [0.2, 0.25) is 0 Å². The first-order valence-electron chi connectivity index (χ1n) is 8.48. The fourth-order valence-corrected chi connectivity index (χ4v) is 4.85. The van der Waals surface area contributed by atoms with Crippen LogP contribution < -0.4 is 5.73 Å². The van der Waals surface area contributed by atoms with Crippen molar-refractivity contribution < 1.29 is 0 Å². The van der Waals surface area contributed by atoms with Crippen LogP contribution in [0.3, 0.4) is 0 Å². The Hall–Kier alpha value is -0.430. The second-order valence-electron chi connectivity index (χ2n) is 6.66. The summed E-state index contributed by atoms with van der Waals surface area (Å²) < 4.78 is 3.12. The number of rotatable bonds is 4. The highest BCUT2D eigenvalue weighted by molar-refractivity contribution is 9.10. The third-order valence-corrected chi connectivity index (χ3v) is 6.07. The van der Waals surface area contributed by atoms with Gasteiger partial charge in [0.1, 0.15) is 10.4 Å². The molecule has 2 heterocycles. The maximum Gasteiger partial charge on any atom is 0.129 e. The van der Waals surface area contributed by atoms with Crippen LogP contribution in [0.25, 0.3) is 0 Å². The van der Waals surface area contributed by atoms with Gasteiger partial charge in [-0.1, -0.05) is 12.8 Å². The summed E-state index contributed by atoms with van der Waals surface area (Å²) in [5, 5.41) is 0. The van der Waals surface area contributed by atoms with Crippen LogP contribution in [0.5, 0.6) is 0 Å². The summed E-state index contributed by atoms with van der Waals surface area (Å²) in [6, 6.07) is 1.09. The molecule has 1 aromatic heterocycles. The zero-order chi connectivity index (χ0) is 15.7. The number of aryl methyl sites for hydroxylation is 1. The normalized spacial score (nSPS) is 23.3. The smallest absolute Gasteiger partial charge is 0.129 e. The van der Waals surface area contributed by atoms with Gasteiger partial charge in [0.2, 0.25) is 0 Å². The van der Waals surface area contributed by atoms with Crippen molar-refractivity contribution in [2.45, 2.75) is 44.7 Å². The van der Waals surface area contributed by atoms with Crippen LogP contribution in [0, 0.1) is 6.92 Å². The van der Waals surface area contributed by atoms with Gasteiger partial charge in [-0.3, -0.25) is 9.80 Å². The molecule has 5 nitrogen and oxygen atoms in total. The molecule has 1 atom stereocenters. The molecule has 3 rings (SSSR count). The van der Waals surface area contributed by atoms with Crippen molar-refractivity contribution in [3.8, 4) is 0 Å². The average molecular weight is 370 g/mol. The molecule has 1 unspecified atom stereocenters. The van der Waals surface area contributed by atoms with Gasteiger partial charge < -0.3 is 10.3 Å². The lowest BCUT2D eigenvalue weighted by molar-refractivity contribution is 0.0700. The van der Waals surface area contributed by atoms with Crippen molar-refractivity contribution in [2.75, 3.05) is 32.7 Å². The van der Waals surface area contributed by atoms with Crippen LogP contribution in [0.1, 0.15) is 43.2 Å². The fraction of sp³-hybridized carbons (Fsp3) is 0.812. The third kappa shape index (κ3) is 3.11. The zero-order valence-corrected chi connectivity index (χ0v) is 15.3. The van der Waals surface area contributed by atoms with E-state index in [1.807, 2.05) is 6.92 Å². The summed E-state index contributed by atoms with van der Waals surface area (Å²) in [6.07, 6.45) is 5.62. The first kappa shape index (κ1) is 16.4. The molecule has 2 fully saturated rings. The van der Waals surface area contributed by atoms with E-state index in [0.29, 0.717) is 6.54 Å². The maximum absolute atomic E-state index is 6.12. The van der Waals surface area contributed by atoms with E-state index in [9.17, 15) is 0 Å². The van der Waals surface area contributed by atoms with Crippen molar-refractivity contribution in [1.82, 2.24) is 19.4 Å². The van der Waals surface area contributed by atoms with E-state index < -0.39 is 0 Å². The number of imidazole rings is 1. The summed E-state index contributed by atoms with van der Waals surface area (Å²) >= 11 is 3.62. The molecule has 0 radical (unpaired) electrons. The average Bonchev–Trinajstić information content (AvgIpc) is 3.13. The minimum Gasteiger partial charge on any atom is -0.333 e. The van der Waals surface area contributed by atoms with E-state index in [1.165, 1.54) is 44.5 Å². The number of hydrogen-bond acceptors (Lipinski definition) is 4. The van der Waals surface area contributed by atoms with E-state index in [-0.39, 0.29) is 6.04 Å². The molecule has 1 aliphatic heterocycles. The molecule has 2 aliphatic rings. The summed E-state index contributed by atoms with van der Waals surface area (Å²) in [6.45, 7) is 7.25. The van der Waals surface area contributed by atoms with Gasteiger partial charge >= 0.3 is 0 Å². The Bertz CT molecular complexity index is 501. The molecule has 1 saturated carbocycles. The Balaban J connectivity index is 1.68. The lowest BCUT2D eigenvalue weighted by Gasteiger charge is -2.41. The number of halogens is 1. The Kier molecular flexibility index (Phi) is 5.22. The Morgan fingerprint density at radius 3 is 2.36 bits per heavy atom. The van der Waals surface area contributed by atoms with Crippen molar-refractivity contribution in [3.05, 3.63) is 16.1 Å². The molecule has 1 aromatic rings. The van der Waals surface area contributed by atoms with Crippen LogP contribution >= 0.6 is 15.9 Å². The number of hydrogen-bond donors (Lipinski definition) is 1. The van der Waals surface area contributed by atoms with E-state index in [1.54, 1.807) is 0 Å². The monoisotopic (exact) mass is 369 g/mol. The van der Waals surface area contributed by atoms with Gasteiger partial charge in [0.15, 0.2) is 0 Å². The predicted octanol–water partition coefficient (Wildman–Crippen LogP) is 2.05. The van der Waals surface area contributed by atoms with E-state index in [0.717, 1.165) is 29.6 Å². The molecule has 6 heteroatoms. The molecule has 0 aromatic carbocycles. The highest BCUT2D eigenvalue weighted by Crippen LogP contribution is 2.30. The van der Waals surface area contributed by atoms with Gasteiger partial charge in [0.05, 0.1) is 11.7 Å². The van der Waals surface area contributed by atoms with Gasteiger partial charge in [-0.15, -0.1) is 0 Å². The van der Waals surface area contributed by atoms with E-state index >= 15 is 0 Å². The van der Waals surface area contributed by atoms with Gasteiger partial charge in [-0.05, 0) is 35.7 Å². The summed E-state index contributed by atoms with van der Waals surface area (Å²) in [7, 11) is 2.08. The van der Waals surface area contributed by atoms with Crippen LogP contribution in [-0.2, 0) is 7.05 Å². The van der Waals surface area contributed by atoms with Gasteiger partial charge in [0, 0.05) is 45.8 Å². The Morgan fingerprint density at radius 2 is 1.86 bits per heavy atom. The topological polar surface area (TPSA) is 50.3 Å². The molecule has 2 N–H and O–H groups in total. The molecule has 1 saturated heterocycles. The standard InChI is InChI=1S/C16H28BrN5/c1-12-19-16(17)15(20(12)2)14(11-18)22-9-7-21(8-10-22)13-5-3-4-6-13/h13-14H,3-11,18H2,1-2H3. The molecular formula is C16H28BrN5. The third-order valence-electron chi connectivity index (χ3n) is 5.49. The number of aromatic nitrogens is 2. The first-order valence-corrected chi connectivity index (χ1v) is 9.28. The largest absolute Gasteiger partial charge is 0.333 e. The zero-order valence-electron chi connectivity index (χ0n) is 13.8. The highest BCUT2D eigenvalue weighted by atomic mass is 79.9. The molecule has 0 spiro atoms. The summed E-state index contributed by atoms with van der Waals surface area (Å²) in [4.78, 5) is 9.77. The molecule has 22 heavy (non-hydrogen) atoms. The van der Waals surface area contributed by atoms with Gasteiger partial charge in [-0.25, -0.2) is 4.98 Å². The van der Waals surface area contributed by atoms with Crippen molar-refractivity contribution >= 4 is 15.9 Å². The molecular weight excluding hydrogens is 342 g/mol. The number of nitrogens with two attached hydrogens (primary N) is 1. The van der Waals surface area contributed by atoms with Crippen LogP contribution in [-0.4, -0.2) is 58.1 Å². The highest BCUT2D eigenvalue weighted by Gasteiger charge is 2.31. The summed E-state index contributed by atoms with van der Waals surface area (Å²) in [5.74, 6) is 1.03. The van der Waals surface area contributed by atoms with Crippen LogP contribution in [0.4, 0.5) is 0 Å². The molecule has 124 valence electrons. The molecule has 0 amide bonds. The lowest BCUT2D eigenvalue weighted by atomic mass is 10.1. The number of piperazine rings is 1. The van der Waals surface area contributed by atoms with Crippen LogP contribution in [0.15, 0.2) is 4.60 Å². The Labute approximate surface area is 142 Å². The Morgan fingerprint density at radius 1 is 1.23 bits per heavy atom. The summed E-state index contributed by atoms with van der Waals surface area (Å²) in [5.41, 5.74) is 7.34. The second kappa shape index (κ2) is 6.99. The maximum atomic E-state index is 6.12. The molecule has 1 aliphatic carbocycles. The fourth-order valence-electron chi connectivity index (χ4n) is 4.07.